The third-order valence-corrected chi connectivity index (χ3v) is 8.63. The highest BCUT2D eigenvalue weighted by molar-refractivity contribution is 5.85. The summed E-state index contributed by atoms with van der Waals surface area (Å²) in [5.41, 5.74) is 5.24. The summed E-state index contributed by atoms with van der Waals surface area (Å²) in [4.78, 5) is 19.4. The molecule has 1 spiro atoms. The molecule has 0 fully saturated rings. The van der Waals surface area contributed by atoms with Crippen LogP contribution in [0, 0.1) is 0 Å². The average molecular weight is 515 g/mol. The van der Waals surface area contributed by atoms with Gasteiger partial charge in [-0.25, -0.2) is 4.79 Å². The molecule has 7 heteroatoms. The molecule has 3 heterocycles. The van der Waals surface area contributed by atoms with Crippen LogP contribution in [0.15, 0.2) is 66.4 Å². The number of benzene rings is 2. The summed E-state index contributed by atoms with van der Waals surface area (Å²) in [6.07, 6.45) is 10.7. The van der Waals surface area contributed by atoms with Gasteiger partial charge < -0.3 is 24.0 Å². The molecule has 1 aromatic heterocycles. The van der Waals surface area contributed by atoms with Gasteiger partial charge in [0.05, 0.1) is 32.8 Å². The molecule has 2 N–H and O–H groups in total. The summed E-state index contributed by atoms with van der Waals surface area (Å²) >= 11 is 0. The number of likely N-dealkylation sites (N-methyl/N-ethyl adjacent to an activating group) is 1. The fourth-order valence-electron chi connectivity index (χ4n) is 6.52. The SMILES string of the molecule is COC1C=CC2=CCN3CCc4cc(OC(=O)C(Cc5c[nH]c6ccccc56)[N+](C)(C)C)c(O)cc4C23C1. The number of nitrogens with zero attached hydrogens (tertiary/aromatic N) is 2. The van der Waals surface area contributed by atoms with Gasteiger partial charge in [-0.2, -0.15) is 0 Å². The van der Waals surface area contributed by atoms with E-state index in [4.69, 9.17) is 9.47 Å². The van der Waals surface area contributed by atoms with Crippen LogP contribution >= 0.6 is 0 Å². The van der Waals surface area contributed by atoms with E-state index in [0.717, 1.165) is 53.5 Å². The fraction of sp³-hybridized carbons (Fsp3) is 0.387. The third kappa shape index (κ3) is 3.97. The van der Waals surface area contributed by atoms with E-state index >= 15 is 0 Å². The second-order valence-electron chi connectivity index (χ2n) is 11.6. The largest absolute Gasteiger partial charge is 0.504 e. The molecule has 2 aliphatic heterocycles. The quantitative estimate of drug-likeness (QED) is 0.295. The molecule has 3 aliphatic rings. The van der Waals surface area contributed by atoms with Crippen LogP contribution in [-0.4, -0.2) is 78.9 Å². The maximum atomic E-state index is 13.6. The molecule has 38 heavy (non-hydrogen) atoms. The average Bonchev–Trinajstić information content (AvgIpc) is 3.48. The van der Waals surface area contributed by atoms with E-state index in [1.807, 2.05) is 57.7 Å². The number of rotatable bonds is 6. The van der Waals surface area contributed by atoms with Crippen molar-refractivity contribution in [3.63, 3.8) is 0 Å². The van der Waals surface area contributed by atoms with Gasteiger partial charge in [0.1, 0.15) is 0 Å². The van der Waals surface area contributed by atoms with E-state index in [1.54, 1.807) is 7.11 Å². The molecule has 0 radical (unpaired) electrons. The van der Waals surface area contributed by atoms with Crippen LogP contribution < -0.4 is 4.74 Å². The van der Waals surface area contributed by atoms with Crippen LogP contribution in [0.3, 0.4) is 0 Å². The maximum absolute atomic E-state index is 13.6. The van der Waals surface area contributed by atoms with Crippen molar-refractivity contribution < 1.29 is 23.9 Å². The number of hydrogen-bond donors (Lipinski definition) is 2. The molecule has 7 nitrogen and oxygen atoms in total. The summed E-state index contributed by atoms with van der Waals surface area (Å²) in [5, 5.41) is 12.3. The normalized spacial score (nSPS) is 23.5. The Morgan fingerprint density at radius 3 is 2.87 bits per heavy atom. The molecule has 0 bridgehead atoms. The highest BCUT2D eigenvalue weighted by Crippen LogP contribution is 2.52. The van der Waals surface area contributed by atoms with Crippen LogP contribution in [0.25, 0.3) is 10.9 Å². The number of para-hydroxylation sites is 1. The Kier molecular flexibility index (Phi) is 5.98. The van der Waals surface area contributed by atoms with Gasteiger partial charge in [-0.1, -0.05) is 36.4 Å². The number of phenols is 1. The predicted octanol–water partition coefficient (Wildman–Crippen LogP) is 4.06. The highest BCUT2D eigenvalue weighted by Gasteiger charge is 2.50. The first-order valence-corrected chi connectivity index (χ1v) is 13.3. The number of carbonyl (C=O) groups is 1. The first kappa shape index (κ1) is 24.9. The standard InChI is InChI=1S/C31H35N3O4/c1-34(2,3)27(15-21-19-32-26-8-6-5-7-24(21)26)30(36)38-29-16-20-11-13-33-14-12-22-9-10-23(37-4)18-31(22,33)25(20)17-28(29)35/h5-10,12,16-17,19,23,27,32H,11,13-15,18H2,1-4H3/p+1. The number of ether oxygens (including phenoxy) is 2. The molecule has 0 saturated carbocycles. The van der Waals surface area contributed by atoms with Gasteiger partial charge in [-0.05, 0) is 46.9 Å². The van der Waals surface area contributed by atoms with Gasteiger partial charge in [-0.3, -0.25) is 4.90 Å². The number of quaternary nitrogens is 1. The van der Waals surface area contributed by atoms with E-state index in [2.05, 4.69) is 34.2 Å². The van der Waals surface area contributed by atoms with Crippen LogP contribution in [0.4, 0.5) is 0 Å². The summed E-state index contributed by atoms with van der Waals surface area (Å²) < 4.78 is 12.1. The number of carbonyl (C=O) groups excluding carboxylic acids is 1. The molecule has 2 aromatic carbocycles. The lowest BCUT2D eigenvalue weighted by Gasteiger charge is -2.48. The molecule has 0 saturated heterocycles. The Labute approximate surface area is 223 Å². The number of nitrogens with one attached hydrogen (secondary N) is 1. The molecule has 3 unspecified atom stereocenters. The molecule has 3 atom stereocenters. The Morgan fingerprint density at radius 1 is 1.26 bits per heavy atom. The first-order valence-electron chi connectivity index (χ1n) is 13.3. The van der Waals surface area contributed by atoms with Crippen LogP contribution in [0.2, 0.25) is 0 Å². The fourth-order valence-corrected chi connectivity index (χ4v) is 6.52. The summed E-state index contributed by atoms with van der Waals surface area (Å²) in [6, 6.07) is 11.3. The minimum absolute atomic E-state index is 0.00431. The van der Waals surface area contributed by atoms with Crippen molar-refractivity contribution in [3.8, 4) is 11.5 Å². The van der Waals surface area contributed by atoms with Crippen LogP contribution in [0.5, 0.6) is 11.5 Å². The minimum atomic E-state index is -0.450. The zero-order chi connectivity index (χ0) is 26.7. The van der Waals surface area contributed by atoms with Crippen molar-refractivity contribution in [2.45, 2.75) is 36.9 Å². The number of phenolic OH excluding ortho intramolecular Hbond substituents is 1. The maximum Gasteiger partial charge on any atom is 0.370 e. The number of H-pyrrole nitrogens is 1. The number of esters is 1. The van der Waals surface area contributed by atoms with Gasteiger partial charge >= 0.3 is 5.97 Å². The van der Waals surface area contributed by atoms with E-state index in [1.165, 1.54) is 5.57 Å². The van der Waals surface area contributed by atoms with E-state index < -0.39 is 6.04 Å². The second-order valence-corrected chi connectivity index (χ2v) is 11.6. The number of aromatic amines is 1. The summed E-state index contributed by atoms with van der Waals surface area (Å²) in [7, 11) is 7.73. The van der Waals surface area contributed by atoms with Crippen molar-refractivity contribution in [3.05, 3.63) is 83.1 Å². The van der Waals surface area contributed by atoms with Gasteiger partial charge in [0.25, 0.3) is 0 Å². The first-order chi connectivity index (χ1) is 18.2. The van der Waals surface area contributed by atoms with Gasteiger partial charge in [0.2, 0.25) is 0 Å². The third-order valence-electron chi connectivity index (χ3n) is 8.63. The van der Waals surface area contributed by atoms with Gasteiger partial charge in [0.15, 0.2) is 17.5 Å². The molecule has 1 aliphatic carbocycles. The molecule has 6 rings (SSSR count). The van der Waals surface area contributed by atoms with Gasteiger partial charge in [-0.15, -0.1) is 0 Å². The van der Waals surface area contributed by atoms with E-state index in [0.29, 0.717) is 10.9 Å². The topological polar surface area (TPSA) is 74.8 Å². The Morgan fingerprint density at radius 2 is 2.08 bits per heavy atom. The minimum Gasteiger partial charge on any atom is -0.504 e. The Hall–Kier alpha value is -3.39. The van der Waals surface area contributed by atoms with Crippen molar-refractivity contribution >= 4 is 16.9 Å². The lowest BCUT2D eigenvalue weighted by molar-refractivity contribution is -0.887. The number of fused-ring (bicyclic) bond motifs is 2. The van der Waals surface area contributed by atoms with Crippen molar-refractivity contribution in [2.75, 3.05) is 41.3 Å². The monoisotopic (exact) mass is 514 g/mol. The summed E-state index contributed by atoms with van der Waals surface area (Å²) in [6.45, 7) is 1.78. The van der Waals surface area contributed by atoms with Crippen molar-refractivity contribution in [2.24, 2.45) is 0 Å². The van der Waals surface area contributed by atoms with Crippen LogP contribution in [-0.2, 0) is 27.9 Å². The molecule has 198 valence electrons. The number of aromatic hydroxyl groups is 1. The number of aromatic nitrogens is 1. The number of hydrogen-bond acceptors (Lipinski definition) is 5. The molecular weight excluding hydrogens is 478 g/mol. The second kappa shape index (κ2) is 9.12. The van der Waals surface area contributed by atoms with Crippen LogP contribution in [0.1, 0.15) is 23.1 Å². The zero-order valence-electron chi connectivity index (χ0n) is 22.5. The Balaban J connectivity index is 1.31. The Bertz CT molecular complexity index is 1460. The lowest BCUT2D eigenvalue weighted by Crippen LogP contribution is -2.52. The van der Waals surface area contributed by atoms with E-state index in [9.17, 15) is 9.90 Å². The van der Waals surface area contributed by atoms with Crippen molar-refractivity contribution in [1.29, 1.82) is 0 Å². The van der Waals surface area contributed by atoms with Gasteiger partial charge in [0, 0.05) is 50.1 Å². The molecular formula is C31H36N3O4+. The smallest absolute Gasteiger partial charge is 0.370 e. The number of methoxy groups -OCH3 is 1. The lowest BCUT2D eigenvalue weighted by atomic mass is 9.71. The van der Waals surface area contributed by atoms with Crippen molar-refractivity contribution in [1.82, 2.24) is 9.88 Å². The summed E-state index contributed by atoms with van der Waals surface area (Å²) in [5.74, 6) is -0.125. The highest BCUT2D eigenvalue weighted by atomic mass is 16.5. The molecule has 0 amide bonds. The molecule has 3 aromatic rings. The van der Waals surface area contributed by atoms with E-state index in [-0.39, 0.29) is 29.1 Å². The zero-order valence-corrected chi connectivity index (χ0v) is 22.5. The predicted molar refractivity (Wildman–Crippen MR) is 147 cm³/mol.